The monoisotopic (exact) mass is 356 g/mol. The molecule has 141 valence electrons. The van der Waals surface area contributed by atoms with Gasteiger partial charge in [0.2, 0.25) is 5.70 Å². The highest BCUT2D eigenvalue weighted by atomic mass is 16.6. The lowest BCUT2D eigenvalue weighted by Gasteiger charge is -1.93. The molecule has 0 unspecified atom stereocenters. The van der Waals surface area contributed by atoms with Crippen LogP contribution in [0.25, 0.3) is 0 Å². The number of nitro groups is 1. The normalized spacial score (nSPS) is 13.2. The third-order valence-corrected chi connectivity index (χ3v) is 3.35. The zero-order valence-electron chi connectivity index (χ0n) is 15.7. The van der Waals surface area contributed by atoms with E-state index in [0.29, 0.717) is 32.1 Å². The van der Waals surface area contributed by atoms with E-state index in [1.54, 1.807) is 12.2 Å². The molecule has 0 aromatic heterocycles. The lowest BCUT2D eigenvalue weighted by atomic mass is 10.2. The quantitative estimate of drug-likeness (QED) is 0.152. The average Bonchev–Trinajstić information content (AvgIpc) is 2.63. The van der Waals surface area contributed by atoms with Gasteiger partial charge < -0.3 is 0 Å². The first-order valence-electron chi connectivity index (χ1n) is 9.15. The second-order valence-electron chi connectivity index (χ2n) is 5.55. The van der Waals surface area contributed by atoms with Gasteiger partial charge in [0.05, 0.1) is 11.3 Å². The van der Waals surface area contributed by atoms with Crippen molar-refractivity contribution >= 4 is 6.29 Å². The van der Waals surface area contributed by atoms with Gasteiger partial charge in [-0.2, -0.15) is 0 Å². The lowest BCUT2D eigenvalue weighted by molar-refractivity contribution is -0.427. The van der Waals surface area contributed by atoms with Crippen LogP contribution in [0.15, 0.2) is 72.5 Å². The molecule has 0 atom stereocenters. The highest BCUT2D eigenvalue weighted by molar-refractivity contribution is 5.50. The maximum absolute atomic E-state index is 11.0. The first-order chi connectivity index (χ1) is 12.7. The van der Waals surface area contributed by atoms with Crippen LogP contribution in [0.2, 0.25) is 0 Å². The largest absolute Gasteiger partial charge is 0.291 e. The Morgan fingerprint density at radius 1 is 0.846 bits per heavy atom. The molecule has 0 fully saturated rings. The molecule has 26 heavy (non-hydrogen) atoms. The van der Waals surface area contributed by atoms with Crippen LogP contribution in [0.5, 0.6) is 0 Å². The summed E-state index contributed by atoms with van der Waals surface area (Å²) in [5.74, 6) is 0. The number of hydrogen-bond donors (Lipinski definition) is 0. The fourth-order valence-corrected chi connectivity index (χ4v) is 1.98. The molecule has 4 heteroatoms. The Morgan fingerprint density at radius 2 is 1.38 bits per heavy atom. The summed E-state index contributed by atoms with van der Waals surface area (Å²) in [6.45, 7) is 2.11. The van der Waals surface area contributed by atoms with Crippen LogP contribution in [-0.2, 0) is 4.79 Å². The van der Waals surface area contributed by atoms with Gasteiger partial charge in [-0.3, -0.25) is 14.9 Å². The smallest absolute Gasteiger partial charge is 0.246 e. The SMILES string of the molecule is CC/C=C/C/C=C/C/C=C/C/C=C(/C/C=C/C/C=C/CC[C]=O)[N+](=O)[O-]. The zero-order valence-corrected chi connectivity index (χ0v) is 15.7. The van der Waals surface area contributed by atoms with Crippen molar-refractivity contribution < 1.29 is 9.72 Å². The molecule has 0 bridgehead atoms. The molecule has 0 saturated carbocycles. The minimum atomic E-state index is -0.325. The minimum Gasteiger partial charge on any atom is -0.291 e. The molecule has 0 aliphatic carbocycles. The van der Waals surface area contributed by atoms with E-state index in [0.717, 1.165) is 19.3 Å². The summed E-state index contributed by atoms with van der Waals surface area (Å²) in [6.07, 6.45) is 29.1. The molecular weight excluding hydrogens is 326 g/mol. The van der Waals surface area contributed by atoms with E-state index in [1.165, 1.54) is 0 Å². The van der Waals surface area contributed by atoms with E-state index < -0.39 is 0 Å². The summed E-state index contributed by atoms with van der Waals surface area (Å²) < 4.78 is 0. The highest BCUT2D eigenvalue weighted by Crippen LogP contribution is 2.06. The van der Waals surface area contributed by atoms with Crippen LogP contribution in [0, 0.1) is 10.1 Å². The molecule has 0 aromatic rings. The maximum atomic E-state index is 11.0. The van der Waals surface area contributed by atoms with E-state index in [9.17, 15) is 14.9 Å². The molecule has 4 nitrogen and oxygen atoms in total. The minimum absolute atomic E-state index is 0.214. The molecule has 0 amide bonds. The molecule has 0 N–H and O–H groups in total. The van der Waals surface area contributed by atoms with E-state index in [4.69, 9.17) is 0 Å². The van der Waals surface area contributed by atoms with Gasteiger partial charge in [-0.05, 0) is 44.6 Å². The summed E-state index contributed by atoms with van der Waals surface area (Å²) >= 11 is 0. The van der Waals surface area contributed by atoms with Crippen molar-refractivity contribution in [1.82, 2.24) is 0 Å². The number of allylic oxidation sites excluding steroid dienone is 11. The van der Waals surface area contributed by atoms with Crippen molar-refractivity contribution in [3.05, 3.63) is 82.6 Å². The zero-order chi connectivity index (χ0) is 19.3. The summed E-state index contributed by atoms with van der Waals surface area (Å²) in [7, 11) is 0. The van der Waals surface area contributed by atoms with Gasteiger partial charge in [0, 0.05) is 6.42 Å². The third-order valence-electron chi connectivity index (χ3n) is 3.35. The molecule has 0 spiro atoms. The van der Waals surface area contributed by atoms with Crippen LogP contribution in [0.1, 0.15) is 58.3 Å². The predicted octanol–water partition coefficient (Wildman–Crippen LogP) is 6.18. The number of nitrogens with zero attached hydrogens (tertiary/aromatic N) is 1. The first kappa shape index (κ1) is 23.5. The third kappa shape index (κ3) is 16.4. The topological polar surface area (TPSA) is 60.2 Å². The van der Waals surface area contributed by atoms with Crippen LogP contribution in [0.4, 0.5) is 0 Å². The second-order valence-corrected chi connectivity index (χ2v) is 5.55. The fourth-order valence-electron chi connectivity index (χ4n) is 1.98. The molecular formula is C22H30NO3. The van der Waals surface area contributed by atoms with Gasteiger partial charge in [-0.15, -0.1) is 0 Å². The van der Waals surface area contributed by atoms with Gasteiger partial charge >= 0.3 is 0 Å². The van der Waals surface area contributed by atoms with Crippen molar-refractivity contribution in [1.29, 1.82) is 0 Å². The fraction of sp³-hybridized carbons (Fsp3) is 0.409. The number of hydrogen-bond acceptors (Lipinski definition) is 3. The van der Waals surface area contributed by atoms with Gasteiger partial charge in [0.15, 0.2) is 6.29 Å². The van der Waals surface area contributed by atoms with Crippen molar-refractivity contribution in [3.8, 4) is 0 Å². The van der Waals surface area contributed by atoms with E-state index in [2.05, 4.69) is 31.2 Å². The number of unbranched alkanes of at least 4 members (excludes halogenated alkanes) is 1. The Kier molecular flexibility index (Phi) is 17.0. The van der Waals surface area contributed by atoms with Crippen molar-refractivity contribution in [2.45, 2.75) is 58.3 Å². The average molecular weight is 356 g/mol. The predicted molar refractivity (Wildman–Crippen MR) is 109 cm³/mol. The van der Waals surface area contributed by atoms with Crippen LogP contribution < -0.4 is 0 Å². The standard InChI is InChI=1S/C22H30NO3/c1-2-3-4-5-6-7-8-10-13-16-19-22(23(25)26)20-17-14-11-9-12-15-18-21-24/h3-4,6-7,9-10,12-14,17,19H,2,5,8,11,15-16,18,20H2,1H3/b4-3+,7-6+,12-9+,13-10+,17-14+,22-19-. The van der Waals surface area contributed by atoms with Gasteiger partial charge in [-0.1, -0.05) is 67.7 Å². The Labute approximate surface area is 157 Å². The van der Waals surface area contributed by atoms with Crippen LogP contribution in [0.3, 0.4) is 0 Å². The molecule has 0 aliphatic rings. The molecule has 0 aromatic carbocycles. The maximum Gasteiger partial charge on any atom is 0.246 e. The Bertz CT molecular complexity index is 552. The number of rotatable bonds is 15. The Morgan fingerprint density at radius 3 is 1.96 bits per heavy atom. The van der Waals surface area contributed by atoms with Gasteiger partial charge in [0.1, 0.15) is 0 Å². The van der Waals surface area contributed by atoms with Crippen molar-refractivity contribution in [3.63, 3.8) is 0 Å². The summed E-state index contributed by atoms with van der Waals surface area (Å²) in [4.78, 5) is 20.7. The summed E-state index contributed by atoms with van der Waals surface area (Å²) in [5.41, 5.74) is 0.214. The molecule has 0 rings (SSSR count). The van der Waals surface area contributed by atoms with Crippen LogP contribution in [-0.4, -0.2) is 11.2 Å². The number of carbonyl (C=O) groups excluding carboxylic acids is 1. The Hall–Kier alpha value is -2.49. The van der Waals surface area contributed by atoms with E-state index >= 15 is 0 Å². The molecule has 1 radical (unpaired) electrons. The van der Waals surface area contributed by atoms with Crippen molar-refractivity contribution in [2.75, 3.05) is 0 Å². The Balaban J connectivity index is 4.10. The van der Waals surface area contributed by atoms with E-state index in [-0.39, 0.29) is 10.6 Å². The lowest BCUT2D eigenvalue weighted by Crippen LogP contribution is -1.97. The first-order valence-corrected chi connectivity index (χ1v) is 9.15. The van der Waals surface area contributed by atoms with Gasteiger partial charge in [-0.25, -0.2) is 0 Å². The second kappa shape index (κ2) is 18.8. The summed E-state index contributed by atoms with van der Waals surface area (Å²) in [5, 5.41) is 11.0. The van der Waals surface area contributed by atoms with E-state index in [1.807, 2.05) is 36.7 Å². The van der Waals surface area contributed by atoms with Crippen molar-refractivity contribution in [2.24, 2.45) is 0 Å². The summed E-state index contributed by atoms with van der Waals surface area (Å²) in [6, 6.07) is 0. The van der Waals surface area contributed by atoms with Gasteiger partial charge in [0.25, 0.3) is 0 Å². The molecule has 0 saturated heterocycles. The highest BCUT2D eigenvalue weighted by Gasteiger charge is 2.06. The molecule has 0 aliphatic heterocycles. The molecule has 0 heterocycles. The van der Waals surface area contributed by atoms with Crippen LogP contribution >= 0.6 is 0 Å².